The van der Waals surface area contributed by atoms with E-state index < -0.39 is 0 Å². The first kappa shape index (κ1) is 10.8. The fourth-order valence-corrected chi connectivity index (χ4v) is 1.09. The molecule has 4 nitrogen and oxygen atoms in total. The lowest BCUT2D eigenvalue weighted by Crippen LogP contribution is -2.26. The minimum Gasteiger partial charge on any atom is -0.396 e. The van der Waals surface area contributed by atoms with Gasteiger partial charge in [-0.1, -0.05) is 6.92 Å². The third-order valence-corrected chi connectivity index (χ3v) is 2.36. The number of nitrogens with one attached hydrogen (secondary N) is 1. The first-order valence-corrected chi connectivity index (χ1v) is 4.73. The molecule has 0 saturated heterocycles. The van der Waals surface area contributed by atoms with Crippen molar-refractivity contribution >= 4 is 11.5 Å². The van der Waals surface area contributed by atoms with Gasteiger partial charge in [-0.2, -0.15) is 0 Å². The SMILES string of the molecule is CC(CO)C(C)Nc1cccnc1N. The predicted octanol–water partition coefficient (Wildman–Crippen LogP) is 1.09. The van der Waals surface area contributed by atoms with Crippen molar-refractivity contribution in [1.82, 2.24) is 4.98 Å². The molecule has 0 aliphatic heterocycles. The molecule has 2 atom stereocenters. The fourth-order valence-electron chi connectivity index (χ4n) is 1.09. The number of aliphatic hydroxyl groups is 1. The molecule has 4 N–H and O–H groups in total. The van der Waals surface area contributed by atoms with Gasteiger partial charge in [-0.15, -0.1) is 0 Å². The number of rotatable bonds is 4. The third-order valence-electron chi connectivity index (χ3n) is 2.36. The Labute approximate surface area is 84.2 Å². The summed E-state index contributed by atoms with van der Waals surface area (Å²) >= 11 is 0. The Balaban J connectivity index is 2.64. The van der Waals surface area contributed by atoms with E-state index in [1.165, 1.54) is 0 Å². The molecule has 1 aromatic rings. The van der Waals surface area contributed by atoms with Gasteiger partial charge in [-0.25, -0.2) is 4.98 Å². The van der Waals surface area contributed by atoms with Gasteiger partial charge in [0.05, 0.1) is 5.69 Å². The lowest BCUT2D eigenvalue weighted by Gasteiger charge is -2.20. The molecule has 0 fully saturated rings. The number of nitrogen functional groups attached to an aromatic ring is 1. The second kappa shape index (κ2) is 4.81. The lowest BCUT2D eigenvalue weighted by atomic mass is 10.1. The van der Waals surface area contributed by atoms with Crippen LogP contribution in [0.3, 0.4) is 0 Å². The number of aliphatic hydroxyl groups excluding tert-OH is 1. The van der Waals surface area contributed by atoms with Crippen LogP contribution in [0.5, 0.6) is 0 Å². The summed E-state index contributed by atoms with van der Waals surface area (Å²) in [5.41, 5.74) is 6.49. The van der Waals surface area contributed by atoms with Crippen molar-refractivity contribution in [2.45, 2.75) is 19.9 Å². The summed E-state index contributed by atoms with van der Waals surface area (Å²) in [5, 5.41) is 12.2. The normalized spacial score (nSPS) is 14.8. The monoisotopic (exact) mass is 195 g/mol. The second-order valence-electron chi connectivity index (χ2n) is 3.53. The number of anilines is 2. The average Bonchev–Trinajstić information content (AvgIpc) is 2.20. The minimum atomic E-state index is 0.161. The summed E-state index contributed by atoms with van der Waals surface area (Å²) in [6.07, 6.45) is 1.65. The average molecular weight is 195 g/mol. The highest BCUT2D eigenvalue weighted by molar-refractivity contribution is 5.61. The zero-order valence-corrected chi connectivity index (χ0v) is 8.57. The van der Waals surface area contributed by atoms with Crippen molar-refractivity contribution in [1.29, 1.82) is 0 Å². The molecule has 0 saturated carbocycles. The molecule has 0 aliphatic carbocycles. The van der Waals surface area contributed by atoms with Gasteiger partial charge in [0, 0.05) is 18.8 Å². The van der Waals surface area contributed by atoms with Crippen molar-refractivity contribution in [2.24, 2.45) is 5.92 Å². The van der Waals surface area contributed by atoms with E-state index in [2.05, 4.69) is 10.3 Å². The number of pyridine rings is 1. The van der Waals surface area contributed by atoms with Crippen LogP contribution in [0.4, 0.5) is 11.5 Å². The summed E-state index contributed by atoms with van der Waals surface area (Å²) in [6.45, 7) is 4.14. The Kier molecular flexibility index (Phi) is 3.71. The molecule has 1 aromatic heterocycles. The summed E-state index contributed by atoms with van der Waals surface area (Å²) in [6, 6.07) is 3.88. The van der Waals surface area contributed by atoms with Crippen molar-refractivity contribution < 1.29 is 5.11 Å². The number of nitrogens with zero attached hydrogens (tertiary/aromatic N) is 1. The van der Waals surface area contributed by atoms with Crippen LogP contribution in [0.2, 0.25) is 0 Å². The van der Waals surface area contributed by atoms with E-state index in [1.54, 1.807) is 6.20 Å². The Morgan fingerprint density at radius 2 is 2.29 bits per heavy atom. The number of hydrogen-bond donors (Lipinski definition) is 3. The van der Waals surface area contributed by atoms with E-state index in [-0.39, 0.29) is 18.6 Å². The van der Waals surface area contributed by atoms with Crippen LogP contribution in [-0.2, 0) is 0 Å². The molecule has 14 heavy (non-hydrogen) atoms. The van der Waals surface area contributed by atoms with E-state index in [1.807, 2.05) is 26.0 Å². The van der Waals surface area contributed by atoms with Gasteiger partial charge in [0.2, 0.25) is 0 Å². The highest BCUT2D eigenvalue weighted by atomic mass is 16.3. The molecule has 2 unspecified atom stereocenters. The molecular formula is C10H17N3O. The van der Waals surface area contributed by atoms with E-state index in [0.29, 0.717) is 5.82 Å². The zero-order chi connectivity index (χ0) is 10.6. The molecule has 0 aliphatic rings. The maximum Gasteiger partial charge on any atom is 0.146 e. The zero-order valence-electron chi connectivity index (χ0n) is 8.57. The van der Waals surface area contributed by atoms with Crippen LogP contribution >= 0.6 is 0 Å². The smallest absolute Gasteiger partial charge is 0.146 e. The number of aromatic nitrogens is 1. The molecule has 0 bridgehead atoms. The Morgan fingerprint density at radius 1 is 1.57 bits per heavy atom. The van der Waals surface area contributed by atoms with Crippen LogP contribution in [-0.4, -0.2) is 22.7 Å². The van der Waals surface area contributed by atoms with Gasteiger partial charge >= 0.3 is 0 Å². The van der Waals surface area contributed by atoms with Crippen molar-refractivity contribution in [3.05, 3.63) is 18.3 Å². The van der Waals surface area contributed by atoms with Crippen molar-refractivity contribution in [2.75, 3.05) is 17.7 Å². The molecule has 0 amide bonds. The molecule has 1 heterocycles. The van der Waals surface area contributed by atoms with Crippen LogP contribution < -0.4 is 11.1 Å². The van der Waals surface area contributed by atoms with E-state index in [4.69, 9.17) is 10.8 Å². The minimum absolute atomic E-state index is 0.161. The van der Waals surface area contributed by atoms with Crippen molar-refractivity contribution in [3.63, 3.8) is 0 Å². The number of hydrogen-bond acceptors (Lipinski definition) is 4. The second-order valence-corrected chi connectivity index (χ2v) is 3.53. The summed E-state index contributed by atoms with van der Waals surface area (Å²) < 4.78 is 0. The van der Waals surface area contributed by atoms with Gasteiger partial charge in [-0.3, -0.25) is 0 Å². The van der Waals surface area contributed by atoms with Crippen LogP contribution in [0.25, 0.3) is 0 Å². The summed E-state index contributed by atoms with van der Waals surface area (Å²) in [4.78, 5) is 3.97. The largest absolute Gasteiger partial charge is 0.396 e. The molecule has 1 rings (SSSR count). The molecular weight excluding hydrogens is 178 g/mol. The maximum atomic E-state index is 8.97. The van der Waals surface area contributed by atoms with Gasteiger partial charge < -0.3 is 16.2 Å². The van der Waals surface area contributed by atoms with E-state index in [0.717, 1.165) is 5.69 Å². The lowest BCUT2D eigenvalue weighted by molar-refractivity contribution is 0.226. The Hall–Kier alpha value is -1.29. The van der Waals surface area contributed by atoms with E-state index >= 15 is 0 Å². The summed E-state index contributed by atoms with van der Waals surface area (Å²) in [7, 11) is 0. The predicted molar refractivity (Wildman–Crippen MR) is 58.0 cm³/mol. The molecule has 78 valence electrons. The Morgan fingerprint density at radius 3 is 2.86 bits per heavy atom. The van der Waals surface area contributed by atoms with Gasteiger partial charge in [0.15, 0.2) is 0 Å². The standard InChI is InChI=1S/C10H17N3O/c1-7(6-14)8(2)13-9-4-3-5-12-10(9)11/h3-5,7-8,13-14H,6H2,1-2H3,(H2,11,12). The quantitative estimate of drug-likeness (QED) is 0.672. The maximum absolute atomic E-state index is 8.97. The summed E-state index contributed by atoms with van der Waals surface area (Å²) in [5.74, 6) is 0.680. The Bertz CT molecular complexity index is 290. The molecule has 0 aromatic carbocycles. The molecule has 0 radical (unpaired) electrons. The molecule has 0 spiro atoms. The van der Waals surface area contributed by atoms with Crippen molar-refractivity contribution in [3.8, 4) is 0 Å². The molecule has 4 heteroatoms. The third kappa shape index (κ3) is 2.60. The van der Waals surface area contributed by atoms with Gasteiger partial charge in [0.25, 0.3) is 0 Å². The fraction of sp³-hybridized carbons (Fsp3) is 0.500. The van der Waals surface area contributed by atoms with Crippen LogP contribution in [0, 0.1) is 5.92 Å². The highest BCUT2D eigenvalue weighted by Crippen LogP contribution is 2.17. The first-order chi connectivity index (χ1) is 6.65. The van der Waals surface area contributed by atoms with E-state index in [9.17, 15) is 0 Å². The van der Waals surface area contributed by atoms with Crippen LogP contribution in [0.1, 0.15) is 13.8 Å². The first-order valence-electron chi connectivity index (χ1n) is 4.73. The number of nitrogens with two attached hydrogens (primary N) is 1. The van der Waals surface area contributed by atoms with Gasteiger partial charge in [-0.05, 0) is 25.0 Å². The van der Waals surface area contributed by atoms with Crippen LogP contribution in [0.15, 0.2) is 18.3 Å². The topological polar surface area (TPSA) is 71.2 Å². The highest BCUT2D eigenvalue weighted by Gasteiger charge is 2.11. The van der Waals surface area contributed by atoms with Gasteiger partial charge in [0.1, 0.15) is 5.82 Å².